The maximum Gasteiger partial charge on any atom is 0.258 e. The SMILES string of the molecule is CCCn1c(SCc2nc3c(C)cccc3c(=O)[nH]2)nnc1-c1ccncc1. The van der Waals surface area contributed by atoms with E-state index in [9.17, 15) is 4.79 Å². The lowest BCUT2D eigenvalue weighted by molar-refractivity contribution is 0.626. The zero-order valence-corrected chi connectivity index (χ0v) is 16.5. The van der Waals surface area contributed by atoms with Crippen LogP contribution in [-0.2, 0) is 12.3 Å². The van der Waals surface area contributed by atoms with Gasteiger partial charge in [0.2, 0.25) is 0 Å². The van der Waals surface area contributed by atoms with Crippen molar-refractivity contribution in [2.45, 2.75) is 37.7 Å². The van der Waals surface area contributed by atoms with Crippen LogP contribution in [0.15, 0.2) is 52.7 Å². The Balaban J connectivity index is 1.64. The van der Waals surface area contributed by atoms with Crippen LogP contribution >= 0.6 is 11.8 Å². The molecule has 0 aliphatic carbocycles. The predicted molar refractivity (Wildman–Crippen MR) is 110 cm³/mol. The molecule has 4 rings (SSSR count). The van der Waals surface area contributed by atoms with Crippen LogP contribution in [0.1, 0.15) is 24.7 Å². The van der Waals surface area contributed by atoms with Gasteiger partial charge < -0.3 is 9.55 Å². The molecule has 0 radical (unpaired) electrons. The Morgan fingerprint density at radius 1 is 1.14 bits per heavy atom. The molecule has 0 saturated heterocycles. The third-order valence-corrected chi connectivity index (χ3v) is 5.41. The first-order chi connectivity index (χ1) is 13.7. The number of thioether (sulfide) groups is 1. The Morgan fingerprint density at radius 3 is 2.75 bits per heavy atom. The largest absolute Gasteiger partial charge is 0.309 e. The number of benzene rings is 1. The van der Waals surface area contributed by atoms with Crippen LogP contribution < -0.4 is 5.56 Å². The van der Waals surface area contributed by atoms with Crippen LogP contribution in [0, 0.1) is 6.92 Å². The van der Waals surface area contributed by atoms with Crippen molar-refractivity contribution in [1.82, 2.24) is 29.7 Å². The van der Waals surface area contributed by atoms with E-state index >= 15 is 0 Å². The van der Waals surface area contributed by atoms with E-state index in [1.807, 2.05) is 31.2 Å². The lowest BCUT2D eigenvalue weighted by atomic mass is 10.1. The molecule has 28 heavy (non-hydrogen) atoms. The van der Waals surface area contributed by atoms with Crippen molar-refractivity contribution in [2.75, 3.05) is 0 Å². The molecule has 0 aliphatic rings. The number of pyridine rings is 1. The predicted octanol–water partition coefficient (Wildman–Crippen LogP) is 3.59. The number of fused-ring (bicyclic) bond motifs is 1. The number of aromatic nitrogens is 6. The van der Waals surface area contributed by atoms with E-state index in [2.05, 4.69) is 36.6 Å². The van der Waals surface area contributed by atoms with Crippen LogP contribution in [-0.4, -0.2) is 29.7 Å². The Bertz CT molecular complexity index is 1170. The Kier molecular flexibility index (Phi) is 5.21. The van der Waals surface area contributed by atoms with E-state index in [0.29, 0.717) is 17.0 Å². The van der Waals surface area contributed by atoms with Crippen LogP contribution in [0.5, 0.6) is 0 Å². The van der Waals surface area contributed by atoms with Gasteiger partial charge in [0.15, 0.2) is 11.0 Å². The lowest BCUT2D eigenvalue weighted by Gasteiger charge is -2.09. The molecule has 3 aromatic heterocycles. The molecule has 0 unspecified atom stereocenters. The minimum absolute atomic E-state index is 0.114. The highest BCUT2D eigenvalue weighted by atomic mass is 32.2. The maximum atomic E-state index is 12.4. The molecule has 0 spiro atoms. The van der Waals surface area contributed by atoms with Gasteiger partial charge in [-0.2, -0.15) is 0 Å². The van der Waals surface area contributed by atoms with Gasteiger partial charge in [-0.05, 0) is 37.1 Å². The van der Waals surface area contributed by atoms with Crippen LogP contribution in [0.3, 0.4) is 0 Å². The summed E-state index contributed by atoms with van der Waals surface area (Å²) >= 11 is 1.52. The molecule has 1 N–H and O–H groups in total. The second kappa shape index (κ2) is 7.93. The van der Waals surface area contributed by atoms with Gasteiger partial charge in [-0.3, -0.25) is 9.78 Å². The number of nitrogens with one attached hydrogen (secondary N) is 1. The van der Waals surface area contributed by atoms with Crippen molar-refractivity contribution in [2.24, 2.45) is 0 Å². The fraction of sp³-hybridized carbons (Fsp3) is 0.250. The minimum Gasteiger partial charge on any atom is -0.309 e. The topological polar surface area (TPSA) is 89.4 Å². The molecule has 0 aliphatic heterocycles. The smallest absolute Gasteiger partial charge is 0.258 e. The number of aryl methyl sites for hydroxylation is 1. The monoisotopic (exact) mass is 392 g/mol. The summed E-state index contributed by atoms with van der Waals surface area (Å²) in [5.74, 6) is 1.97. The molecule has 4 aromatic rings. The van der Waals surface area contributed by atoms with Gasteiger partial charge in [0.25, 0.3) is 5.56 Å². The van der Waals surface area contributed by atoms with Crippen molar-refractivity contribution in [3.05, 3.63) is 64.5 Å². The van der Waals surface area contributed by atoms with Crippen molar-refractivity contribution in [3.8, 4) is 11.4 Å². The zero-order valence-electron chi connectivity index (χ0n) is 15.7. The van der Waals surface area contributed by atoms with Gasteiger partial charge in [0.1, 0.15) is 5.82 Å². The minimum atomic E-state index is -0.114. The first-order valence-electron chi connectivity index (χ1n) is 9.12. The summed E-state index contributed by atoms with van der Waals surface area (Å²) in [6.07, 6.45) is 4.46. The number of para-hydroxylation sites is 1. The fourth-order valence-electron chi connectivity index (χ4n) is 3.09. The second-order valence-electron chi connectivity index (χ2n) is 6.47. The van der Waals surface area contributed by atoms with Gasteiger partial charge in [0.05, 0.1) is 16.7 Å². The summed E-state index contributed by atoms with van der Waals surface area (Å²) in [5.41, 5.74) is 2.60. The molecule has 142 valence electrons. The number of H-pyrrole nitrogens is 1. The molecule has 0 atom stereocenters. The van der Waals surface area contributed by atoms with Gasteiger partial charge in [0, 0.05) is 24.5 Å². The molecular formula is C20H20N6OS. The number of hydrogen-bond acceptors (Lipinski definition) is 6. The lowest BCUT2D eigenvalue weighted by Crippen LogP contribution is -2.12. The van der Waals surface area contributed by atoms with Gasteiger partial charge in [-0.15, -0.1) is 10.2 Å². The molecule has 0 fully saturated rings. The summed E-state index contributed by atoms with van der Waals surface area (Å²) < 4.78 is 2.10. The van der Waals surface area contributed by atoms with E-state index in [4.69, 9.17) is 0 Å². The molecule has 0 amide bonds. The Hall–Kier alpha value is -3.00. The maximum absolute atomic E-state index is 12.4. The second-order valence-corrected chi connectivity index (χ2v) is 7.41. The number of rotatable bonds is 6. The summed E-state index contributed by atoms with van der Waals surface area (Å²) in [4.78, 5) is 24.0. The van der Waals surface area contributed by atoms with Crippen molar-refractivity contribution in [3.63, 3.8) is 0 Å². The first kappa shape index (κ1) is 18.4. The number of nitrogens with zero attached hydrogens (tertiary/aromatic N) is 5. The zero-order chi connectivity index (χ0) is 19.5. The van der Waals surface area contributed by atoms with E-state index < -0.39 is 0 Å². The first-order valence-corrected chi connectivity index (χ1v) is 10.1. The molecule has 0 saturated carbocycles. The van der Waals surface area contributed by atoms with Crippen LogP contribution in [0.4, 0.5) is 0 Å². The number of hydrogen-bond donors (Lipinski definition) is 1. The third kappa shape index (κ3) is 3.55. The summed E-state index contributed by atoms with van der Waals surface area (Å²) in [6, 6.07) is 9.48. The highest BCUT2D eigenvalue weighted by molar-refractivity contribution is 7.98. The van der Waals surface area contributed by atoms with Gasteiger partial charge >= 0.3 is 0 Å². The van der Waals surface area contributed by atoms with Crippen LogP contribution in [0.25, 0.3) is 22.3 Å². The molecule has 0 bridgehead atoms. The van der Waals surface area contributed by atoms with E-state index in [-0.39, 0.29) is 5.56 Å². The molecular weight excluding hydrogens is 372 g/mol. The molecule has 1 aromatic carbocycles. The quantitative estimate of drug-likeness (QED) is 0.505. The highest BCUT2D eigenvalue weighted by Gasteiger charge is 2.15. The van der Waals surface area contributed by atoms with Crippen molar-refractivity contribution >= 4 is 22.7 Å². The Labute approximate surface area is 166 Å². The molecule has 8 heteroatoms. The van der Waals surface area contributed by atoms with Crippen molar-refractivity contribution < 1.29 is 0 Å². The fourth-order valence-corrected chi connectivity index (χ4v) is 3.92. The summed E-state index contributed by atoms with van der Waals surface area (Å²) in [6.45, 7) is 4.90. The summed E-state index contributed by atoms with van der Waals surface area (Å²) in [5, 5.41) is 10.2. The van der Waals surface area contributed by atoms with E-state index in [1.54, 1.807) is 18.5 Å². The average Bonchev–Trinajstić information content (AvgIpc) is 3.11. The van der Waals surface area contributed by atoms with Crippen LogP contribution in [0.2, 0.25) is 0 Å². The average molecular weight is 392 g/mol. The molecule has 3 heterocycles. The van der Waals surface area contributed by atoms with Crippen molar-refractivity contribution in [1.29, 1.82) is 0 Å². The number of aromatic amines is 1. The van der Waals surface area contributed by atoms with E-state index in [1.165, 1.54) is 11.8 Å². The third-order valence-electron chi connectivity index (χ3n) is 4.43. The van der Waals surface area contributed by atoms with Gasteiger partial charge in [-0.1, -0.05) is 30.8 Å². The van der Waals surface area contributed by atoms with E-state index in [0.717, 1.165) is 40.6 Å². The van der Waals surface area contributed by atoms with Gasteiger partial charge in [-0.25, -0.2) is 4.98 Å². The normalized spacial score (nSPS) is 11.2. The Morgan fingerprint density at radius 2 is 1.96 bits per heavy atom. The summed E-state index contributed by atoms with van der Waals surface area (Å²) in [7, 11) is 0. The standard InChI is InChI=1S/C20H20N6OS/c1-3-11-26-18(14-7-9-21-10-8-14)24-25-20(26)28-12-16-22-17-13(2)5-4-6-15(17)19(27)23-16/h4-10H,3,11-12H2,1-2H3,(H,22,23,27). The highest BCUT2D eigenvalue weighted by Crippen LogP contribution is 2.26. The molecule has 7 nitrogen and oxygen atoms in total.